The Morgan fingerprint density at radius 2 is 2.41 bits per heavy atom. The first-order chi connectivity index (χ1) is 8.35. The van der Waals surface area contributed by atoms with Gasteiger partial charge in [0, 0.05) is 18.5 Å². The normalized spacial score (nSPS) is 21.2. The molecule has 0 aliphatic carbocycles. The second-order valence-electron chi connectivity index (χ2n) is 4.59. The van der Waals surface area contributed by atoms with Crippen molar-refractivity contribution in [2.75, 3.05) is 12.4 Å². The summed E-state index contributed by atoms with van der Waals surface area (Å²) in [7, 11) is 0. The lowest BCUT2D eigenvalue weighted by Gasteiger charge is -2.23. The van der Waals surface area contributed by atoms with Gasteiger partial charge in [-0.2, -0.15) is 5.10 Å². The lowest BCUT2D eigenvalue weighted by Crippen LogP contribution is -2.30. The molecule has 1 fully saturated rings. The molecule has 1 aliphatic heterocycles. The summed E-state index contributed by atoms with van der Waals surface area (Å²) < 4.78 is 1.98. The van der Waals surface area contributed by atoms with Crippen molar-refractivity contribution >= 4 is 11.6 Å². The molecule has 0 bridgehead atoms. The molecule has 0 radical (unpaired) electrons. The van der Waals surface area contributed by atoms with Crippen LogP contribution < -0.4 is 0 Å². The third-order valence-corrected chi connectivity index (χ3v) is 3.78. The summed E-state index contributed by atoms with van der Waals surface area (Å²) in [5, 5.41) is 4.22. The summed E-state index contributed by atoms with van der Waals surface area (Å²) >= 11 is 5.77. The average molecular weight is 257 g/mol. The number of aryl methyl sites for hydroxylation is 1. The van der Waals surface area contributed by atoms with E-state index in [0.717, 1.165) is 31.2 Å². The third kappa shape index (κ3) is 3.19. The minimum Gasteiger partial charge on any atom is -0.293 e. The summed E-state index contributed by atoms with van der Waals surface area (Å²) in [5.41, 5.74) is 0. The van der Waals surface area contributed by atoms with Crippen molar-refractivity contribution in [1.82, 2.24) is 19.7 Å². The Kier molecular flexibility index (Phi) is 4.80. The zero-order chi connectivity index (χ0) is 12.1. The van der Waals surface area contributed by atoms with Gasteiger partial charge in [-0.05, 0) is 39.2 Å². The molecular weight excluding hydrogens is 236 g/mol. The molecule has 0 aromatic carbocycles. The molecule has 17 heavy (non-hydrogen) atoms. The van der Waals surface area contributed by atoms with Crippen LogP contribution in [0.5, 0.6) is 0 Å². The maximum Gasteiger partial charge on any atom is 0.141 e. The SMILES string of the molecule is CCn1ncnc1CN1CCCC1CCCCl. The first kappa shape index (κ1) is 12.8. The average Bonchev–Trinajstić information content (AvgIpc) is 2.96. The van der Waals surface area contributed by atoms with E-state index in [1.165, 1.54) is 25.8 Å². The fraction of sp³-hybridized carbons (Fsp3) is 0.833. The molecule has 96 valence electrons. The minimum absolute atomic E-state index is 0.691. The van der Waals surface area contributed by atoms with Crippen molar-refractivity contribution in [3.8, 4) is 0 Å². The van der Waals surface area contributed by atoms with Crippen LogP contribution in [0.15, 0.2) is 6.33 Å². The highest BCUT2D eigenvalue weighted by Crippen LogP contribution is 2.23. The fourth-order valence-corrected chi connectivity index (χ4v) is 2.75. The zero-order valence-corrected chi connectivity index (χ0v) is 11.2. The van der Waals surface area contributed by atoms with Crippen LogP contribution in [0.4, 0.5) is 0 Å². The van der Waals surface area contributed by atoms with E-state index in [1.54, 1.807) is 6.33 Å². The number of hydrogen-bond donors (Lipinski definition) is 0. The molecule has 1 atom stereocenters. The van der Waals surface area contributed by atoms with Gasteiger partial charge in [-0.25, -0.2) is 9.67 Å². The summed E-state index contributed by atoms with van der Waals surface area (Å²) in [6.07, 6.45) is 6.58. The van der Waals surface area contributed by atoms with Gasteiger partial charge in [-0.1, -0.05) is 0 Å². The van der Waals surface area contributed by atoms with Gasteiger partial charge >= 0.3 is 0 Å². The molecule has 5 heteroatoms. The Labute approximate surface area is 108 Å². The van der Waals surface area contributed by atoms with E-state index < -0.39 is 0 Å². The molecule has 0 N–H and O–H groups in total. The summed E-state index contributed by atoms with van der Waals surface area (Å²) in [6.45, 7) is 5.12. The number of likely N-dealkylation sites (tertiary alicyclic amines) is 1. The number of hydrogen-bond acceptors (Lipinski definition) is 3. The van der Waals surface area contributed by atoms with Gasteiger partial charge in [0.25, 0.3) is 0 Å². The first-order valence-electron chi connectivity index (χ1n) is 6.51. The highest BCUT2D eigenvalue weighted by atomic mass is 35.5. The summed E-state index contributed by atoms with van der Waals surface area (Å²) in [6, 6.07) is 0.691. The number of rotatable bonds is 6. The summed E-state index contributed by atoms with van der Waals surface area (Å²) in [4.78, 5) is 6.88. The second-order valence-corrected chi connectivity index (χ2v) is 4.97. The Bertz CT molecular complexity index is 339. The molecule has 1 aromatic heterocycles. The van der Waals surface area contributed by atoms with E-state index in [0.29, 0.717) is 6.04 Å². The van der Waals surface area contributed by atoms with Gasteiger partial charge in [0.2, 0.25) is 0 Å². The number of nitrogens with zero attached hydrogens (tertiary/aromatic N) is 4. The molecule has 1 saturated heterocycles. The maximum atomic E-state index is 5.77. The molecule has 0 saturated carbocycles. The number of halogens is 1. The van der Waals surface area contributed by atoms with Crippen LogP contribution >= 0.6 is 11.6 Å². The molecule has 0 spiro atoms. The third-order valence-electron chi connectivity index (χ3n) is 3.51. The van der Waals surface area contributed by atoms with Crippen LogP contribution in [0.3, 0.4) is 0 Å². The number of aromatic nitrogens is 3. The topological polar surface area (TPSA) is 34.0 Å². The van der Waals surface area contributed by atoms with Crippen molar-refractivity contribution in [1.29, 1.82) is 0 Å². The lowest BCUT2D eigenvalue weighted by molar-refractivity contribution is 0.224. The maximum absolute atomic E-state index is 5.77. The van der Waals surface area contributed by atoms with Crippen LogP contribution in [0, 0.1) is 0 Å². The Hall–Kier alpha value is -0.610. The Balaban J connectivity index is 1.93. The monoisotopic (exact) mass is 256 g/mol. The second kappa shape index (κ2) is 6.36. The predicted molar refractivity (Wildman–Crippen MR) is 69.1 cm³/mol. The standard InChI is InChI=1S/C12H21ClN4/c1-2-17-12(14-10-15-17)9-16-8-4-6-11(16)5-3-7-13/h10-11H,2-9H2,1H3. The molecule has 1 aliphatic rings. The number of alkyl halides is 1. The fourth-order valence-electron chi connectivity index (χ4n) is 2.60. The van der Waals surface area contributed by atoms with Crippen molar-refractivity contribution in [2.24, 2.45) is 0 Å². The smallest absolute Gasteiger partial charge is 0.141 e. The molecule has 1 unspecified atom stereocenters. The molecule has 2 rings (SSSR count). The van der Waals surface area contributed by atoms with E-state index in [2.05, 4.69) is 21.9 Å². The van der Waals surface area contributed by atoms with Crippen LogP contribution in [-0.4, -0.2) is 38.1 Å². The van der Waals surface area contributed by atoms with E-state index in [-0.39, 0.29) is 0 Å². The summed E-state index contributed by atoms with van der Waals surface area (Å²) in [5.74, 6) is 1.86. The van der Waals surface area contributed by atoms with Crippen molar-refractivity contribution in [3.05, 3.63) is 12.2 Å². The largest absolute Gasteiger partial charge is 0.293 e. The molecule has 1 aromatic rings. The van der Waals surface area contributed by atoms with Gasteiger partial charge < -0.3 is 0 Å². The van der Waals surface area contributed by atoms with Crippen LogP contribution in [0.1, 0.15) is 38.4 Å². The van der Waals surface area contributed by atoms with Crippen molar-refractivity contribution in [3.63, 3.8) is 0 Å². The molecule has 4 nitrogen and oxygen atoms in total. The molecule has 2 heterocycles. The van der Waals surface area contributed by atoms with Crippen LogP contribution in [-0.2, 0) is 13.1 Å². The van der Waals surface area contributed by atoms with Gasteiger partial charge in [-0.3, -0.25) is 4.90 Å². The quantitative estimate of drug-likeness (QED) is 0.733. The van der Waals surface area contributed by atoms with Crippen LogP contribution in [0.2, 0.25) is 0 Å². The Morgan fingerprint density at radius 1 is 1.53 bits per heavy atom. The highest BCUT2D eigenvalue weighted by Gasteiger charge is 2.25. The van der Waals surface area contributed by atoms with E-state index >= 15 is 0 Å². The highest BCUT2D eigenvalue weighted by molar-refractivity contribution is 6.17. The predicted octanol–water partition coefficient (Wildman–Crippen LogP) is 2.28. The Morgan fingerprint density at radius 3 is 3.18 bits per heavy atom. The van der Waals surface area contributed by atoms with E-state index in [9.17, 15) is 0 Å². The zero-order valence-electron chi connectivity index (χ0n) is 10.5. The van der Waals surface area contributed by atoms with Crippen LogP contribution in [0.25, 0.3) is 0 Å². The lowest BCUT2D eigenvalue weighted by atomic mass is 10.1. The van der Waals surface area contributed by atoms with Gasteiger partial charge in [0.05, 0.1) is 6.54 Å². The van der Waals surface area contributed by atoms with Gasteiger partial charge in [0.1, 0.15) is 12.2 Å². The van der Waals surface area contributed by atoms with Gasteiger partial charge in [0.15, 0.2) is 0 Å². The van der Waals surface area contributed by atoms with Crippen molar-refractivity contribution in [2.45, 2.75) is 51.7 Å². The molecular formula is C12H21ClN4. The first-order valence-corrected chi connectivity index (χ1v) is 7.05. The van der Waals surface area contributed by atoms with Crippen molar-refractivity contribution < 1.29 is 0 Å². The minimum atomic E-state index is 0.691. The molecule has 0 amide bonds. The van der Waals surface area contributed by atoms with Gasteiger partial charge in [-0.15, -0.1) is 11.6 Å². The van der Waals surface area contributed by atoms with E-state index in [1.807, 2.05) is 4.68 Å². The van der Waals surface area contributed by atoms with E-state index in [4.69, 9.17) is 11.6 Å².